The fourth-order valence-corrected chi connectivity index (χ4v) is 0.853. The second kappa shape index (κ2) is 6.00. The lowest BCUT2D eigenvalue weighted by Crippen LogP contribution is -2.27. The van der Waals surface area contributed by atoms with Gasteiger partial charge in [-0.15, -0.1) is 0 Å². The molecular weight excluding hydrogens is 198 g/mol. The van der Waals surface area contributed by atoms with Gasteiger partial charge in [-0.3, -0.25) is 0 Å². The molecule has 15 heavy (non-hydrogen) atoms. The van der Waals surface area contributed by atoms with Gasteiger partial charge in [-0.1, -0.05) is 18.2 Å². The van der Waals surface area contributed by atoms with Crippen molar-refractivity contribution in [2.24, 2.45) is 0 Å². The molecule has 2 aromatic rings. The Balaban J connectivity index is 0.000000151. The zero-order valence-electron chi connectivity index (χ0n) is 7.88. The first kappa shape index (κ1) is 11.5. The molecule has 2 N–H and O–H groups in total. The number of rotatable bonds is 1. The fraction of sp³-hybridized carbons (Fsp3) is 0. The zero-order chi connectivity index (χ0) is 11.1. The van der Waals surface area contributed by atoms with E-state index >= 15 is 0 Å². The predicted molar refractivity (Wildman–Crippen MR) is 54.9 cm³/mol. The van der Waals surface area contributed by atoms with Crippen LogP contribution in [-0.2, 0) is 0 Å². The lowest BCUT2D eigenvalue weighted by atomic mass is 9.88. The van der Waals surface area contributed by atoms with E-state index in [0.717, 1.165) is 0 Å². The van der Waals surface area contributed by atoms with E-state index in [-0.39, 0.29) is 11.5 Å². The molecule has 78 valence electrons. The highest BCUT2D eigenvalue weighted by atomic mass is 19.1. The summed E-state index contributed by atoms with van der Waals surface area (Å²) in [5.74, 6) is -0.178. The van der Waals surface area contributed by atoms with Gasteiger partial charge in [0.2, 0.25) is 0 Å². The largest absolute Gasteiger partial charge is 0.526 e. The second-order valence-electron chi connectivity index (χ2n) is 2.68. The van der Waals surface area contributed by atoms with Crippen LogP contribution < -0.4 is 5.66 Å². The molecule has 0 atom stereocenters. The molecule has 0 unspecified atom stereocenters. The van der Waals surface area contributed by atoms with E-state index in [2.05, 4.69) is 4.42 Å². The predicted octanol–water partition coefficient (Wildman–Crippen LogP) is 0.785. The lowest BCUT2D eigenvalue weighted by molar-refractivity contribution is 0.409. The van der Waals surface area contributed by atoms with Gasteiger partial charge >= 0.3 is 7.12 Å². The van der Waals surface area contributed by atoms with Crippen molar-refractivity contribution in [2.75, 3.05) is 0 Å². The average molecular weight is 208 g/mol. The molecule has 1 aromatic carbocycles. The van der Waals surface area contributed by atoms with Crippen LogP contribution >= 0.6 is 0 Å². The van der Waals surface area contributed by atoms with E-state index in [1.165, 1.54) is 24.5 Å². The summed E-state index contributed by atoms with van der Waals surface area (Å²) in [5, 5.41) is 16.7. The van der Waals surface area contributed by atoms with E-state index in [1.54, 1.807) is 24.3 Å². The van der Waals surface area contributed by atoms with Crippen molar-refractivity contribution in [1.29, 1.82) is 0 Å². The topological polar surface area (TPSA) is 53.6 Å². The van der Waals surface area contributed by atoms with Gasteiger partial charge in [0, 0.05) is 0 Å². The van der Waals surface area contributed by atoms with E-state index in [4.69, 9.17) is 10.0 Å². The summed E-state index contributed by atoms with van der Waals surface area (Å²) in [6, 6.07) is 11.0. The summed E-state index contributed by atoms with van der Waals surface area (Å²) >= 11 is 0. The minimum absolute atomic E-state index is 0.171. The van der Waals surface area contributed by atoms with Crippen LogP contribution in [-0.4, -0.2) is 17.2 Å². The number of hydrogen-bond donors (Lipinski definition) is 2. The highest BCUT2D eigenvalue weighted by Gasteiger charge is 2.12. The molecule has 0 saturated carbocycles. The first-order valence-corrected chi connectivity index (χ1v) is 4.30. The number of hydrogen-bond acceptors (Lipinski definition) is 3. The summed E-state index contributed by atoms with van der Waals surface area (Å²) in [6.45, 7) is 0. The van der Waals surface area contributed by atoms with Crippen molar-refractivity contribution in [3.05, 3.63) is 54.5 Å². The third-order valence-corrected chi connectivity index (χ3v) is 1.53. The van der Waals surface area contributed by atoms with Gasteiger partial charge in [0.05, 0.1) is 6.26 Å². The van der Waals surface area contributed by atoms with Gasteiger partial charge in [-0.2, -0.15) is 0 Å². The van der Waals surface area contributed by atoms with Gasteiger partial charge in [-0.05, 0) is 24.3 Å². The molecule has 1 heterocycles. The molecule has 1 aromatic heterocycles. The van der Waals surface area contributed by atoms with E-state index in [1.807, 2.05) is 0 Å². The summed E-state index contributed by atoms with van der Waals surface area (Å²) < 4.78 is 16.5. The molecule has 0 spiro atoms. The third kappa shape index (κ3) is 4.44. The van der Waals surface area contributed by atoms with Crippen LogP contribution in [0.4, 0.5) is 4.39 Å². The molecule has 0 radical (unpaired) electrons. The minimum Gasteiger partial charge on any atom is -0.473 e. The molecule has 2 rings (SSSR count). The molecule has 0 aliphatic rings. The molecule has 5 heteroatoms. The summed E-state index contributed by atoms with van der Waals surface area (Å²) in [6.07, 6.45) is 1.38. The van der Waals surface area contributed by atoms with Crippen molar-refractivity contribution < 1.29 is 18.9 Å². The molecule has 0 amide bonds. The number of halogens is 1. The maximum atomic E-state index is 11.9. The van der Waals surface area contributed by atoms with E-state index in [0.29, 0.717) is 0 Å². The Kier molecular flexibility index (Phi) is 4.60. The zero-order valence-corrected chi connectivity index (χ0v) is 7.88. The highest BCUT2D eigenvalue weighted by molar-refractivity contribution is 6.56. The Bertz CT molecular complexity index is 361. The molecule has 0 saturated heterocycles. The third-order valence-electron chi connectivity index (χ3n) is 1.53. The van der Waals surface area contributed by atoms with Crippen molar-refractivity contribution >= 4 is 12.8 Å². The van der Waals surface area contributed by atoms with Gasteiger partial charge in [-0.25, -0.2) is 4.39 Å². The molecule has 0 bridgehead atoms. The van der Waals surface area contributed by atoms with Gasteiger partial charge < -0.3 is 14.5 Å². The monoisotopic (exact) mass is 208 g/mol. The number of benzene rings is 1. The van der Waals surface area contributed by atoms with Crippen LogP contribution in [0.2, 0.25) is 0 Å². The first-order chi connectivity index (χ1) is 7.20. The summed E-state index contributed by atoms with van der Waals surface area (Å²) in [4.78, 5) is 0. The Hall–Kier alpha value is -1.59. The second-order valence-corrected chi connectivity index (χ2v) is 2.68. The standard InChI is InChI=1S/C6H5F.C4H5BO3/c7-6-4-2-1-3-5-6;6-5(7)4-2-1-3-8-4/h1-5H;1-3,6-7H. The van der Waals surface area contributed by atoms with Crippen molar-refractivity contribution in [1.82, 2.24) is 0 Å². The molecule has 0 fully saturated rings. The lowest BCUT2D eigenvalue weighted by Gasteiger charge is -1.86. The van der Waals surface area contributed by atoms with Crippen LogP contribution in [0, 0.1) is 5.82 Å². The minimum atomic E-state index is -1.48. The SMILES string of the molecule is Fc1ccccc1.OB(O)c1ccco1. The van der Waals surface area contributed by atoms with Crippen LogP contribution in [0.1, 0.15) is 0 Å². The molecule has 0 aliphatic carbocycles. The fourth-order valence-electron chi connectivity index (χ4n) is 0.853. The normalized spacial score (nSPS) is 9.00. The summed E-state index contributed by atoms with van der Waals surface area (Å²) in [7, 11) is -1.48. The van der Waals surface area contributed by atoms with Crippen LogP contribution in [0.3, 0.4) is 0 Å². The highest BCUT2D eigenvalue weighted by Crippen LogP contribution is 1.91. The Morgan fingerprint density at radius 1 is 1.00 bits per heavy atom. The van der Waals surface area contributed by atoms with Crippen molar-refractivity contribution in [3.8, 4) is 0 Å². The quantitative estimate of drug-likeness (QED) is 0.681. The molecular formula is C10H10BFO3. The maximum Gasteiger partial charge on any atom is 0.526 e. The van der Waals surface area contributed by atoms with Gasteiger partial charge in [0.1, 0.15) is 11.5 Å². The van der Waals surface area contributed by atoms with Crippen LogP contribution in [0.25, 0.3) is 0 Å². The maximum absolute atomic E-state index is 11.9. The van der Waals surface area contributed by atoms with Gasteiger partial charge in [0.25, 0.3) is 0 Å². The Labute approximate surface area is 86.9 Å². The van der Waals surface area contributed by atoms with Crippen LogP contribution in [0.15, 0.2) is 53.1 Å². The molecule has 0 aliphatic heterocycles. The van der Waals surface area contributed by atoms with Crippen molar-refractivity contribution in [2.45, 2.75) is 0 Å². The van der Waals surface area contributed by atoms with Crippen LogP contribution in [0.5, 0.6) is 0 Å². The average Bonchev–Trinajstić information content (AvgIpc) is 2.72. The first-order valence-electron chi connectivity index (χ1n) is 4.30. The Morgan fingerprint density at radius 2 is 1.67 bits per heavy atom. The molecule has 3 nitrogen and oxygen atoms in total. The number of furan rings is 1. The van der Waals surface area contributed by atoms with E-state index in [9.17, 15) is 4.39 Å². The van der Waals surface area contributed by atoms with E-state index < -0.39 is 7.12 Å². The Morgan fingerprint density at radius 3 is 1.93 bits per heavy atom. The summed E-state index contributed by atoms with van der Waals surface area (Å²) in [5.41, 5.74) is 0.171. The van der Waals surface area contributed by atoms with Gasteiger partial charge in [0.15, 0.2) is 0 Å². The smallest absolute Gasteiger partial charge is 0.473 e. The van der Waals surface area contributed by atoms with Crippen molar-refractivity contribution in [3.63, 3.8) is 0 Å².